The number of aromatic nitrogens is 1. The third kappa shape index (κ3) is 5.08. The molecule has 0 spiro atoms. The number of amides is 2. The smallest absolute Gasteiger partial charge is 0.317 e. The number of hydrogen-bond acceptors (Lipinski definition) is 2. The largest absolute Gasteiger partial charge is 0.337 e. The molecule has 4 heteroatoms. The molecule has 0 bridgehead atoms. The minimum Gasteiger partial charge on any atom is -0.337 e. The Morgan fingerprint density at radius 1 is 1.12 bits per heavy atom. The minimum atomic E-state index is -0.102. The van der Waals surface area contributed by atoms with Gasteiger partial charge in [-0.1, -0.05) is 43.7 Å². The van der Waals surface area contributed by atoms with Crippen molar-refractivity contribution >= 4 is 6.03 Å². The zero-order valence-electron chi connectivity index (χ0n) is 15.0. The molecule has 0 unspecified atom stereocenters. The third-order valence-electron chi connectivity index (χ3n) is 4.35. The molecule has 0 saturated carbocycles. The maximum atomic E-state index is 12.3. The molecular weight excluding hydrogens is 298 g/mol. The van der Waals surface area contributed by atoms with Crippen molar-refractivity contribution in [1.82, 2.24) is 15.2 Å². The van der Waals surface area contributed by atoms with E-state index in [0.717, 1.165) is 6.42 Å². The number of carbonyl (C=O) groups is 1. The van der Waals surface area contributed by atoms with Crippen LogP contribution >= 0.6 is 0 Å². The second-order valence-corrected chi connectivity index (χ2v) is 6.94. The van der Waals surface area contributed by atoms with E-state index in [2.05, 4.69) is 55.3 Å². The zero-order valence-corrected chi connectivity index (χ0v) is 15.0. The quantitative estimate of drug-likeness (QED) is 0.883. The number of carbonyl (C=O) groups excluding carboxylic acids is 1. The van der Waals surface area contributed by atoms with Crippen LogP contribution in [0.15, 0.2) is 48.8 Å². The maximum absolute atomic E-state index is 12.3. The molecular formula is C20H27N3O. The molecule has 0 atom stereocenters. The number of aryl methyl sites for hydroxylation is 1. The summed E-state index contributed by atoms with van der Waals surface area (Å²) in [6, 6.07) is 12.4. The standard InChI is InChI=1S/C20H27N3O/c1-16-5-7-18(8-6-16)20(2,3)15-22-19(24)23(4)14-11-17-9-12-21-13-10-17/h5-10,12-13H,11,14-15H2,1-4H3,(H,22,24). The van der Waals surface area contributed by atoms with E-state index in [-0.39, 0.29) is 11.4 Å². The highest BCUT2D eigenvalue weighted by atomic mass is 16.2. The van der Waals surface area contributed by atoms with Crippen LogP contribution in [0.25, 0.3) is 0 Å². The zero-order chi connectivity index (χ0) is 17.6. The van der Waals surface area contributed by atoms with E-state index in [1.165, 1.54) is 16.7 Å². The average Bonchev–Trinajstić information content (AvgIpc) is 2.59. The van der Waals surface area contributed by atoms with Crippen LogP contribution in [-0.4, -0.2) is 36.1 Å². The number of nitrogens with one attached hydrogen (secondary N) is 1. The van der Waals surface area contributed by atoms with E-state index in [4.69, 9.17) is 0 Å². The molecule has 0 aliphatic carbocycles. The van der Waals surface area contributed by atoms with Gasteiger partial charge in [-0.3, -0.25) is 4.98 Å². The van der Waals surface area contributed by atoms with Crippen molar-refractivity contribution in [3.63, 3.8) is 0 Å². The lowest BCUT2D eigenvalue weighted by Crippen LogP contribution is -2.43. The van der Waals surface area contributed by atoms with Crippen LogP contribution in [0.5, 0.6) is 0 Å². The van der Waals surface area contributed by atoms with E-state index in [0.29, 0.717) is 13.1 Å². The number of nitrogens with zero attached hydrogens (tertiary/aromatic N) is 2. The minimum absolute atomic E-state index is 0.0377. The Balaban J connectivity index is 1.83. The van der Waals surface area contributed by atoms with Crippen molar-refractivity contribution in [2.24, 2.45) is 0 Å². The highest BCUT2D eigenvalue weighted by Crippen LogP contribution is 2.22. The summed E-state index contributed by atoms with van der Waals surface area (Å²) in [7, 11) is 1.83. The Kier molecular flexibility index (Phi) is 5.96. The molecule has 0 aliphatic heterocycles. The summed E-state index contributed by atoms with van der Waals surface area (Å²) < 4.78 is 0. The second-order valence-electron chi connectivity index (χ2n) is 6.94. The highest BCUT2D eigenvalue weighted by Gasteiger charge is 2.22. The summed E-state index contributed by atoms with van der Waals surface area (Å²) >= 11 is 0. The molecule has 2 rings (SSSR count). The van der Waals surface area contributed by atoms with Gasteiger partial charge in [0.25, 0.3) is 0 Å². The molecule has 1 heterocycles. The van der Waals surface area contributed by atoms with Gasteiger partial charge in [0.15, 0.2) is 0 Å². The summed E-state index contributed by atoms with van der Waals surface area (Å²) in [6.07, 6.45) is 4.38. The van der Waals surface area contributed by atoms with Gasteiger partial charge >= 0.3 is 6.03 Å². The molecule has 2 amide bonds. The van der Waals surface area contributed by atoms with Gasteiger partial charge in [0.1, 0.15) is 0 Å². The van der Waals surface area contributed by atoms with E-state index >= 15 is 0 Å². The van der Waals surface area contributed by atoms with Crippen molar-refractivity contribution in [2.75, 3.05) is 20.1 Å². The molecule has 1 aromatic heterocycles. The SMILES string of the molecule is Cc1ccc(C(C)(C)CNC(=O)N(C)CCc2ccncc2)cc1. The van der Waals surface area contributed by atoms with Gasteiger partial charge in [0, 0.05) is 37.9 Å². The summed E-state index contributed by atoms with van der Waals surface area (Å²) in [4.78, 5) is 18.0. The van der Waals surface area contributed by atoms with Gasteiger partial charge in [-0.05, 0) is 36.6 Å². The van der Waals surface area contributed by atoms with Crippen molar-refractivity contribution < 1.29 is 4.79 Å². The molecule has 2 aromatic rings. The first-order chi connectivity index (χ1) is 11.4. The summed E-state index contributed by atoms with van der Waals surface area (Å²) in [5.74, 6) is 0. The molecule has 0 saturated heterocycles. The third-order valence-corrected chi connectivity index (χ3v) is 4.35. The maximum Gasteiger partial charge on any atom is 0.317 e. The first kappa shape index (κ1) is 18.0. The first-order valence-corrected chi connectivity index (χ1v) is 8.33. The Labute approximate surface area is 144 Å². The van der Waals surface area contributed by atoms with Gasteiger partial charge in [0.2, 0.25) is 0 Å². The lowest BCUT2D eigenvalue weighted by molar-refractivity contribution is 0.207. The second kappa shape index (κ2) is 7.95. The average molecular weight is 325 g/mol. The van der Waals surface area contributed by atoms with Crippen LogP contribution in [0.3, 0.4) is 0 Å². The summed E-state index contributed by atoms with van der Waals surface area (Å²) in [5.41, 5.74) is 3.56. The van der Waals surface area contributed by atoms with Crippen LogP contribution in [0.2, 0.25) is 0 Å². The molecule has 128 valence electrons. The van der Waals surface area contributed by atoms with Gasteiger partial charge in [0.05, 0.1) is 0 Å². The molecule has 1 N–H and O–H groups in total. The van der Waals surface area contributed by atoms with Crippen molar-refractivity contribution in [3.8, 4) is 0 Å². The lowest BCUT2D eigenvalue weighted by Gasteiger charge is -2.27. The lowest BCUT2D eigenvalue weighted by atomic mass is 9.84. The molecule has 1 aromatic carbocycles. The number of rotatable bonds is 6. The van der Waals surface area contributed by atoms with E-state index in [1.54, 1.807) is 17.3 Å². The first-order valence-electron chi connectivity index (χ1n) is 8.33. The number of likely N-dealkylation sites (N-methyl/N-ethyl adjacent to an activating group) is 1. The normalized spacial score (nSPS) is 11.2. The van der Waals surface area contributed by atoms with Crippen molar-refractivity contribution in [3.05, 3.63) is 65.5 Å². The molecule has 0 radical (unpaired) electrons. The molecule has 24 heavy (non-hydrogen) atoms. The predicted octanol–water partition coefficient (Wildman–Crippen LogP) is 3.55. The van der Waals surface area contributed by atoms with Gasteiger partial charge < -0.3 is 10.2 Å². The van der Waals surface area contributed by atoms with E-state index in [9.17, 15) is 4.79 Å². The number of benzene rings is 1. The van der Waals surface area contributed by atoms with Crippen LogP contribution in [-0.2, 0) is 11.8 Å². The Morgan fingerprint density at radius 2 is 1.75 bits per heavy atom. The molecule has 4 nitrogen and oxygen atoms in total. The fourth-order valence-electron chi connectivity index (χ4n) is 2.49. The predicted molar refractivity (Wildman–Crippen MR) is 98.2 cm³/mol. The van der Waals surface area contributed by atoms with Gasteiger partial charge in [-0.15, -0.1) is 0 Å². The monoisotopic (exact) mass is 325 g/mol. The Bertz CT molecular complexity index is 650. The van der Waals surface area contributed by atoms with Crippen LogP contribution in [0.1, 0.15) is 30.5 Å². The fourth-order valence-corrected chi connectivity index (χ4v) is 2.49. The van der Waals surface area contributed by atoms with Crippen molar-refractivity contribution in [2.45, 2.75) is 32.6 Å². The van der Waals surface area contributed by atoms with Crippen LogP contribution < -0.4 is 5.32 Å². The summed E-state index contributed by atoms with van der Waals surface area (Å²) in [5, 5.41) is 3.05. The molecule has 0 aliphatic rings. The van der Waals surface area contributed by atoms with Crippen LogP contribution in [0, 0.1) is 6.92 Å². The number of urea groups is 1. The van der Waals surface area contributed by atoms with E-state index in [1.807, 2.05) is 19.2 Å². The fraction of sp³-hybridized carbons (Fsp3) is 0.400. The molecule has 0 fully saturated rings. The highest BCUT2D eigenvalue weighted by molar-refractivity contribution is 5.74. The topological polar surface area (TPSA) is 45.2 Å². The summed E-state index contributed by atoms with van der Waals surface area (Å²) in [6.45, 7) is 7.66. The Morgan fingerprint density at radius 3 is 2.38 bits per heavy atom. The van der Waals surface area contributed by atoms with Crippen LogP contribution in [0.4, 0.5) is 4.79 Å². The van der Waals surface area contributed by atoms with E-state index < -0.39 is 0 Å². The van der Waals surface area contributed by atoms with Gasteiger partial charge in [-0.25, -0.2) is 4.79 Å². The number of hydrogen-bond donors (Lipinski definition) is 1. The van der Waals surface area contributed by atoms with Crippen molar-refractivity contribution in [1.29, 1.82) is 0 Å². The number of pyridine rings is 1. The van der Waals surface area contributed by atoms with Gasteiger partial charge in [-0.2, -0.15) is 0 Å². The Hall–Kier alpha value is -2.36.